The molecule has 3 aromatic rings. The van der Waals surface area contributed by atoms with E-state index in [4.69, 9.17) is 0 Å². The van der Waals surface area contributed by atoms with Crippen LogP contribution in [0.15, 0.2) is 48.5 Å². The van der Waals surface area contributed by atoms with E-state index in [1.807, 2.05) is 6.92 Å². The van der Waals surface area contributed by atoms with Crippen LogP contribution in [-0.2, 0) is 0 Å². The fourth-order valence-corrected chi connectivity index (χ4v) is 4.82. The van der Waals surface area contributed by atoms with Gasteiger partial charge in [-0.2, -0.15) is 0 Å². The third kappa shape index (κ3) is 5.54. The van der Waals surface area contributed by atoms with E-state index >= 15 is 0 Å². The predicted octanol–water partition coefficient (Wildman–Crippen LogP) is 5.21. The molecule has 2 heterocycles. The molecule has 0 spiro atoms. The third-order valence-corrected chi connectivity index (χ3v) is 6.55. The number of aryl methyl sites for hydroxylation is 1. The summed E-state index contributed by atoms with van der Waals surface area (Å²) in [5, 5.41) is 6.23. The second kappa shape index (κ2) is 10.1. The molecule has 1 aliphatic rings. The Balaban J connectivity index is 1.46. The van der Waals surface area contributed by atoms with Crippen LogP contribution in [0.3, 0.4) is 0 Å². The van der Waals surface area contributed by atoms with Crippen molar-refractivity contribution in [2.24, 2.45) is 0 Å². The number of urea groups is 1. The maximum absolute atomic E-state index is 13.5. The molecular formula is C24H24F2N4O2S. The van der Waals surface area contributed by atoms with E-state index < -0.39 is 6.03 Å². The Hall–Kier alpha value is -3.33. The van der Waals surface area contributed by atoms with E-state index in [1.54, 1.807) is 17.0 Å². The Morgan fingerprint density at radius 3 is 2.42 bits per heavy atom. The van der Waals surface area contributed by atoms with Crippen molar-refractivity contribution in [1.29, 1.82) is 0 Å². The summed E-state index contributed by atoms with van der Waals surface area (Å²) in [7, 11) is 0. The van der Waals surface area contributed by atoms with E-state index in [1.165, 1.54) is 47.7 Å². The van der Waals surface area contributed by atoms with Crippen LogP contribution < -0.4 is 10.6 Å². The summed E-state index contributed by atoms with van der Waals surface area (Å²) < 4.78 is 26.4. The molecule has 2 N–H and O–H groups in total. The van der Waals surface area contributed by atoms with Gasteiger partial charge < -0.3 is 15.5 Å². The van der Waals surface area contributed by atoms with Gasteiger partial charge in [0.05, 0.1) is 9.88 Å². The van der Waals surface area contributed by atoms with Gasteiger partial charge in [-0.3, -0.25) is 4.79 Å². The molecule has 1 saturated heterocycles. The van der Waals surface area contributed by atoms with Gasteiger partial charge in [0.25, 0.3) is 5.91 Å². The molecule has 0 radical (unpaired) electrons. The molecule has 0 saturated carbocycles. The van der Waals surface area contributed by atoms with Gasteiger partial charge in [-0.15, -0.1) is 11.3 Å². The van der Waals surface area contributed by atoms with Gasteiger partial charge in [0, 0.05) is 24.8 Å². The van der Waals surface area contributed by atoms with Crippen LogP contribution in [0.2, 0.25) is 0 Å². The molecule has 1 aromatic heterocycles. The summed E-state index contributed by atoms with van der Waals surface area (Å²) in [6.07, 6.45) is 2.59. The number of nitrogens with zero attached hydrogens (tertiary/aromatic N) is 2. The molecule has 1 atom stereocenters. The zero-order valence-electron chi connectivity index (χ0n) is 18.1. The summed E-state index contributed by atoms with van der Waals surface area (Å²) in [5.41, 5.74) is 1.58. The second-order valence-corrected chi connectivity index (χ2v) is 9.11. The molecule has 0 bridgehead atoms. The summed E-state index contributed by atoms with van der Waals surface area (Å²) in [6.45, 7) is 2.70. The average molecular weight is 471 g/mol. The number of benzene rings is 2. The number of piperidine rings is 1. The summed E-state index contributed by atoms with van der Waals surface area (Å²) in [6, 6.07) is 10.9. The SMILES string of the molecule is Cc1nc(C(=O)N2CCCCC2CNC(=O)Nc2ccc(F)cc2)c(-c2ccc(F)cc2)s1. The van der Waals surface area contributed by atoms with Gasteiger partial charge in [0.15, 0.2) is 0 Å². The minimum Gasteiger partial charge on any atom is -0.336 e. The van der Waals surface area contributed by atoms with Crippen LogP contribution in [0.5, 0.6) is 0 Å². The van der Waals surface area contributed by atoms with Crippen LogP contribution in [0.4, 0.5) is 19.3 Å². The molecule has 172 valence electrons. The first-order valence-electron chi connectivity index (χ1n) is 10.8. The Bertz CT molecular complexity index is 1130. The lowest BCUT2D eigenvalue weighted by Crippen LogP contribution is -2.50. The van der Waals surface area contributed by atoms with Crippen molar-refractivity contribution in [3.05, 3.63) is 70.9 Å². The maximum Gasteiger partial charge on any atom is 0.319 e. The normalized spacial score (nSPS) is 15.8. The highest BCUT2D eigenvalue weighted by Gasteiger charge is 2.31. The minimum absolute atomic E-state index is 0.173. The van der Waals surface area contributed by atoms with E-state index in [0.717, 1.165) is 29.8 Å². The number of anilines is 1. The molecule has 33 heavy (non-hydrogen) atoms. The molecule has 1 aliphatic heterocycles. The van der Waals surface area contributed by atoms with Crippen molar-refractivity contribution in [3.8, 4) is 10.4 Å². The number of carbonyl (C=O) groups is 2. The molecule has 1 unspecified atom stereocenters. The number of likely N-dealkylation sites (tertiary alicyclic amines) is 1. The Labute approximate surface area is 194 Å². The van der Waals surface area contributed by atoms with E-state index in [2.05, 4.69) is 15.6 Å². The zero-order chi connectivity index (χ0) is 23.4. The number of aromatic nitrogens is 1. The lowest BCUT2D eigenvalue weighted by Gasteiger charge is -2.35. The fourth-order valence-electron chi connectivity index (χ4n) is 3.90. The molecule has 6 nitrogen and oxygen atoms in total. The quantitative estimate of drug-likeness (QED) is 0.537. The lowest BCUT2D eigenvalue weighted by atomic mass is 10.0. The van der Waals surface area contributed by atoms with Crippen LogP contribution in [0.1, 0.15) is 34.8 Å². The van der Waals surface area contributed by atoms with Crippen molar-refractivity contribution in [2.75, 3.05) is 18.4 Å². The van der Waals surface area contributed by atoms with Crippen molar-refractivity contribution in [1.82, 2.24) is 15.2 Å². The van der Waals surface area contributed by atoms with Crippen molar-refractivity contribution in [3.63, 3.8) is 0 Å². The highest BCUT2D eigenvalue weighted by molar-refractivity contribution is 7.15. The summed E-state index contributed by atoms with van der Waals surface area (Å²) in [5.74, 6) is -0.910. The monoisotopic (exact) mass is 470 g/mol. The zero-order valence-corrected chi connectivity index (χ0v) is 18.9. The fraction of sp³-hybridized carbons (Fsp3) is 0.292. The van der Waals surface area contributed by atoms with Crippen molar-refractivity contribution in [2.45, 2.75) is 32.2 Å². The highest BCUT2D eigenvalue weighted by atomic mass is 32.1. The molecule has 0 aliphatic carbocycles. The van der Waals surface area contributed by atoms with E-state index in [0.29, 0.717) is 22.8 Å². The first-order valence-corrected chi connectivity index (χ1v) is 11.6. The predicted molar refractivity (Wildman–Crippen MR) is 124 cm³/mol. The number of nitrogens with one attached hydrogen (secondary N) is 2. The Morgan fingerprint density at radius 2 is 1.73 bits per heavy atom. The van der Waals surface area contributed by atoms with Crippen LogP contribution in [0.25, 0.3) is 10.4 Å². The molecule has 1 fully saturated rings. The molecular weight excluding hydrogens is 446 g/mol. The van der Waals surface area contributed by atoms with Crippen LogP contribution in [-0.4, -0.2) is 41.0 Å². The number of thiazole rings is 1. The standard InChI is InChI=1S/C24H24F2N4O2S/c1-15-28-21(22(33-15)16-5-7-17(25)8-6-16)23(31)30-13-3-2-4-20(30)14-27-24(32)29-19-11-9-18(26)10-12-19/h5-12,20H,2-4,13-14H2,1H3,(H2,27,29,32). The third-order valence-electron chi connectivity index (χ3n) is 5.53. The topological polar surface area (TPSA) is 74.3 Å². The second-order valence-electron chi connectivity index (χ2n) is 7.91. The largest absolute Gasteiger partial charge is 0.336 e. The molecule has 4 rings (SSSR count). The van der Waals surface area contributed by atoms with Gasteiger partial charge in [0.2, 0.25) is 0 Å². The Kier molecular flexibility index (Phi) is 6.98. The molecule has 3 amide bonds. The van der Waals surface area contributed by atoms with Gasteiger partial charge in [-0.25, -0.2) is 18.6 Å². The number of rotatable bonds is 5. The van der Waals surface area contributed by atoms with Crippen molar-refractivity contribution < 1.29 is 18.4 Å². The molecule has 9 heteroatoms. The number of hydrogen-bond acceptors (Lipinski definition) is 4. The average Bonchev–Trinajstić information content (AvgIpc) is 3.21. The number of carbonyl (C=O) groups excluding carboxylic acids is 2. The van der Waals surface area contributed by atoms with E-state index in [-0.39, 0.29) is 30.1 Å². The van der Waals surface area contributed by atoms with Gasteiger partial charge >= 0.3 is 6.03 Å². The summed E-state index contributed by atoms with van der Waals surface area (Å²) >= 11 is 1.40. The van der Waals surface area contributed by atoms with Gasteiger partial charge in [-0.1, -0.05) is 12.1 Å². The van der Waals surface area contributed by atoms with Crippen LogP contribution >= 0.6 is 11.3 Å². The van der Waals surface area contributed by atoms with E-state index in [9.17, 15) is 18.4 Å². The van der Waals surface area contributed by atoms with Crippen LogP contribution in [0, 0.1) is 18.6 Å². The van der Waals surface area contributed by atoms with Gasteiger partial charge in [-0.05, 0) is 68.1 Å². The number of halogens is 2. The lowest BCUT2D eigenvalue weighted by molar-refractivity contribution is 0.0610. The number of amides is 3. The first-order chi connectivity index (χ1) is 15.9. The first kappa shape index (κ1) is 22.8. The van der Waals surface area contributed by atoms with Gasteiger partial charge in [0.1, 0.15) is 17.3 Å². The maximum atomic E-state index is 13.5. The molecule has 2 aromatic carbocycles. The minimum atomic E-state index is -0.420. The highest BCUT2D eigenvalue weighted by Crippen LogP contribution is 2.32. The smallest absolute Gasteiger partial charge is 0.319 e. The summed E-state index contributed by atoms with van der Waals surface area (Å²) in [4.78, 5) is 32.7. The van der Waals surface area contributed by atoms with Crippen molar-refractivity contribution >= 4 is 29.0 Å². The Morgan fingerprint density at radius 1 is 1.06 bits per heavy atom. The number of hydrogen-bond donors (Lipinski definition) is 2.